The summed E-state index contributed by atoms with van der Waals surface area (Å²) >= 11 is 1.68. The predicted molar refractivity (Wildman–Crippen MR) is 83.2 cm³/mol. The second-order valence-corrected chi connectivity index (χ2v) is 5.49. The molecule has 2 N–H and O–H groups in total. The Balaban J connectivity index is 2.11. The summed E-state index contributed by atoms with van der Waals surface area (Å²) in [4.78, 5) is 17.6. The number of nitrogens with zero attached hydrogens (tertiary/aromatic N) is 1. The largest absolute Gasteiger partial charge is 0.373 e. The number of hydrogen-bond acceptors (Lipinski definition) is 4. The van der Waals surface area contributed by atoms with Crippen LogP contribution in [0.2, 0.25) is 0 Å². The maximum Gasteiger partial charge on any atom is 0.251 e. The van der Waals surface area contributed by atoms with E-state index < -0.39 is 0 Å². The van der Waals surface area contributed by atoms with Gasteiger partial charge in [0.15, 0.2) is 0 Å². The minimum absolute atomic E-state index is 0.0595. The number of aromatic nitrogens is 1. The molecule has 0 aliphatic carbocycles. The van der Waals surface area contributed by atoms with Gasteiger partial charge >= 0.3 is 0 Å². The van der Waals surface area contributed by atoms with E-state index in [1.165, 1.54) is 4.88 Å². The molecule has 2 heterocycles. The quantitative estimate of drug-likeness (QED) is 0.856. The van der Waals surface area contributed by atoms with Gasteiger partial charge in [-0.3, -0.25) is 4.79 Å². The van der Waals surface area contributed by atoms with E-state index in [1.54, 1.807) is 36.7 Å². The summed E-state index contributed by atoms with van der Waals surface area (Å²) in [6.07, 6.45) is 3.61. The SMILES string of the molecule is CCCC(NC(=O)c1ccnc(NC)c1)c1cccs1. The smallest absolute Gasteiger partial charge is 0.251 e. The Hall–Kier alpha value is -1.88. The molecule has 0 radical (unpaired) electrons. The van der Waals surface area contributed by atoms with E-state index in [2.05, 4.69) is 28.6 Å². The van der Waals surface area contributed by atoms with Crippen molar-refractivity contribution >= 4 is 23.1 Å². The molecule has 0 aromatic carbocycles. The van der Waals surface area contributed by atoms with Crippen LogP contribution in [0.3, 0.4) is 0 Å². The zero-order valence-corrected chi connectivity index (χ0v) is 12.5. The molecule has 106 valence electrons. The van der Waals surface area contributed by atoms with Crippen molar-refractivity contribution in [3.63, 3.8) is 0 Å². The molecule has 0 spiro atoms. The number of carbonyl (C=O) groups is 1. The Labute approximate surface area is 123 Å². The Bertz CT molecular complexity index is 554. The number of hydrogen-bond donors (Lipinski definition) is 2. The van der Waals surface area contributed by atoms with Gasteiger partial charge in [-0.25, -0.2) is 4.98 Å². The molecule has 0 saturated heterocycles. The number of pyridine rings is 1. The highest BCUT2D eigenvalue weighted by atomic mass is 32.1. The normalized spacial score (nSPS) is 11.9. The van der Waals surface area contributed by atoms with Crippen molar-refractivity contribution in [2.75, 3.05) is 12.4 Å². The van der Waals surface area contributed by atoms with Gasteiger partial charge in [-0.1, -0.05) is 19.4 Å². The summed E-state index contributed by atoms with van der Waals surface area (Å²) < 4.78 is 0. The zero-order valence-electron chi connectivity index (χ0n) is 11.7. The van der Waals surface area contributed by atoms with Crippen LogP contribution in [0.1, 0.15) is 41.0 Å². The highest BCUT2D eigenvalue weighted by molar-refractivity contribution is 7.10. The summed E-state index contributed by atoms with van der Waals surface area (Å²) in [5.74, 6) is 0.636. The average molecular weight is 289 g/mol. The Kier molecular flexibility index (Phi) is 5.12. The minimum Gasteiger partial charge on any atom is -0.373 e. The van der Waals surface area contributed by atoms with Gasteiger partial charge < -0.3 is 10.6 Å². The molecule has 2 aromatic heterocycles. The Morgan fingerprint density at radius 2 is 2.30 bits per heavy atom. The van der Waals surface area contributed by atoms with E-state index >= 15 is 0 Å². The van der Waals surface area contributed by atoms with Crippen LogP contribution in [0.15, 0.2) is 35.8 Å². The third-order valence-corrected chi connectivity index (χ3v) is 4.03. The second-order valence-electron chi connectivity index (χ2n) is 4.51. The fraction of sp³-hybridized carbons (Fsp3) is 0.333. The van der Waals surface area contributed by atoms with E-state index in [1.807, 2.05) is 11.4 Å². The summed E-state index contributed by atoms with van der Waals surface area (Å²) in [6, 6.07) is 7.65. The monoisotopic (exact) mass is 289 g/mol. The molecule has 1 atom stereocenters. The maximum absolute atomic E-state index is 12.3. The van der Waals surface area contributed by atoms with Crippen molar-refractivity contribution in [3.8, 4) is 0 Å². The highest BCUT2D eigenvalue weighted by Crippen LogP contribution is 2.23. The molecule has 0 saturated carbocycles. The highest BCUT2D eigenvalue weighted by Gasteiger charge is 2.16. The molecular formula is C15H19N3OS. The lowest BCUT2D eigenvalue weighted by Gasteiger charge is -2.17. The van der Waals surface area contributed by atoms with Crippen molar-refractivity contribution in [2.45, 2.75) is 25.8 Å². The standard InChI is InChI=1S/C15H19N3OS/c1-3-5-12(13-6-4-9-20-13)18-15(19)11-7-8-17-14(10-11)16-2/h4,6-10,12H,3,5H2,1-2H3,(H,16,17)(H,18,19). The molecule has 0 aliphatic heterocycles. The second kappa shape index (κ2) is 7.05. The third-order valence-electron chi connectivity index (χ3n) is 3.05. The molecule has 1 amide bonds. The van der Waals surface area contributed by atoms with Crippen molar-refractivity contribution < 1.29 is 4.79 Å². The molecule has 20 heavy (non-hydrogen) atoms. The lowest BCUT2D eigenvalue weighted by molar-refractivity contribution is 0.0935. The van der Waals surface area contributed by atoms with Crippen LogP contribution >= 0.6 is 11.3 Å². The third kappa shape index (κ3) is 3.57. The first kappa shape index (κ1) is 14.5. The number of anilines is 1. The van der Waals surface area contributed by atoms with E-state index in [4.69, 9.17) is 0 Å². The molecule has 2 aromatic rings. The van der Waals surface area contributed by atoms with Gasteiger partial charge in [0, 0.05) is 23.7 Å². The Morgan fingerprint density at radius 3 is 2.95 bits per heavy atom. The molecule has 0 fully saturated rings. The van der Waals surface area contributed by atoms with Crippen LogP contribution in [0.5, 0.6) is 0 Å². The molecule has 1 unspecified atom stereocenters. The van der Waals surface area contributed by atoms with Crippen LogP contribution in [0.25, 0.3) is 0 Å². The van der Waals surface area contributed by atoms with Gasteiger partial charge in [0.25, 0.3) is 5.91 Å². The molecule has 4 nitrogen and oxygen atoms in total. The van der Waals surface area contributed by atoms with E-state index in [0.717, 1.165) is 12.8 Å². The van der Waals surface area contributed by atoms with Gasteiger partial charge in [-0.15, -0.1) is 11.3 Å². The fourth-order valence-electron chi connectivity index (χ4n) is 2.01. The van der Waals surface area contributed by atoms with Gasteiger partial charge in [-0.2, -0.15) is 0 Å². The van der Waals surface area contributed by atoms with Crippen LogP contribution in [0, 0.1) is 0 Å². The van der Waals surface area contributed by atoms with Crippen LogP contribution in [-0.4, -0.2) is 17.9 Å². The van der Waals surface area contributed by atoms with Crippen molar-refractivity contribution in [1.29, 1.82) is 0 Å². The Morgan fingerprint density at radius 1 is 1.45 bits per heavy atom. The van der Waals surface area contributed by atoms with E-state index in [-0.39, 0.29) is 11.9 Å². The summed E-state index contributed by atoms with van der Waals surface area (Å²) in [5, 5.41) is 8.08. The maximum atomic E-state index is 12.3. The summed E-state index contributed by atoms with van der Waals surface area (Å²) in [7, 11) is 1.79. The topological polar surface area (TPSA) is 54.0 Å². The number of amides is 1. The average Bonchev–Trinajstić information content (AvgIpc) is 3.01. The molecular weight excluding hydrogens is 270 g/mol. The lowest BCUT2D eigenvalue weighted by atomic mass is 10.1. The molecule has 2 rings (SSSR count). The van der Waals surface area contributed by atoms with Crippen molar-refractivity contribution in [1.82, 2.24) is 10.3 Å². The summed E-state index contributed by atoms with van der Waals surface area (Å²) in [5.41, 5.74) is 0.627. The molecule has 5 heteroatoms. The van der Waals surface area contributed by atoms with E-state index in [9.17, 15) is 4.79 Å². The number of carbonyl (C=O) groups excluding carboxylic acids is 1. The molecule has 0 bridgehead atoms. The van der Waals surface area contributed by atoms with Crippen molar-refractivity contribution in [3.05, 3.63) is 46.3 Å². The van der Waals surface area contributed by atoms with Crippen LogP contribution < -0.4 is 10.6 Å². The van der Waals surface area contributed by atoms with Crippen molar-refractivity contribution in [2.24, 2.45) is 0 Å². The first-order chi connectivity index (χ1) is 9.74. The fourth-order valence-corrected chi connectivity index (χ4v) is 2.83. The summed E-state index contributed by atoms with van der Waals surface area (Å²) in [6.45, 7) is 2.12. The van der Waals surface area contributed by atoms with Crippen LogP contribution in [0.4, 0.5) is 5.82 Å². The lowest BCUT2D eigenvalue weighted by Crippen LogP contribution is -2.28. The zero-order chi connectivity index (χ0) is 14.4. The van der Waals surface area contributed by atoms with E-state index in [0.29, 0.717) is 11.4 Å². The number of rotatable bonds is 6. The first-order valence-corrected chi connectivity index (χ1v) is 7.60. The van der Waals surface area contributed by atoms with Gasteiger partial charge in [-0.05, 0) is 30.0 Å². The van der Waals surface area contributed by atoms with Gasteiger partial charge in [0.2, 0.25) is 0 Å². The minimum atomic E-state index is -0.0595. The van der Waals surface area contributed by atoms with Crippen LogP contribution in [-0.2, 0) is 0 Å². The first-order valence-electron chi connectivity index (χ1n) is 6.72. The molecule has 0 aliphatic rings. The predicted octanol–water partition coefficient (Wildman–Crippen LogP) is 3.46. The van der Waals surface area contributed by atoms with Gasteiger partial charge in [0.1, 0.15) is 5.82 Å². The number of nitrogens with one attached hydrogen (secondary N) is 2. The number of thiophene rings is 1. The van der Waals surface area contributed by atoms with Gasteiger partial charge in [0.05, 0.1) is 6.04 Å².